The van der Waals surface area contributed by atoms with Gasteiger partial charge in [0.2, 0.25) is 6.29 Å². The Hall–Kier alpha value is -4.40. The number of halogens is 1. The highest BCUT2D eigenvalue weighted by molar-refractivity contribution is 5.68. The molecule has 1 aromatic heterocycles. The summed E-state index contributed by atoms with van der Waals surface area (Å²) in [7, 11) is 0. The number of rotatable bonds is 7. The topological polar surface area (TPSA) is 182 Å². The molecule has 1 aromatic carbocycles. The third kappa shape index (κ3) is 9.45. The Kier molecular flexibility index (Phi) is 11.0. The lowest BCUT2D eigenvalue weighted by Crippen LogP contribution is -2.59. The maximum absolute atomic E-state index is 13.7. The minimum absolute atomic E-state index is 0.264. The van der Waals surface area contributed by atoms with E-state index in [2.05, 4.69) is 10.3 Å². The number of nitrogens with zero attached hydrogens (tertiary/aromatic N) is 3. The molecule has 0 aliphatic carbocycles. The molecule has 15 heteroatoms. The number of aliphatic carboxylic acids is 1. The van der Waals surface area contributed by atoms with E-state index in [9.17, 15) is 23.6 Å². The average Bonchev–Trinajstić information content (AvgIpc) is 3.28. The third-order valence-electron chi connectivity index (χ3n) is 4.89. The van der Waals surface area contributed by atoms with Crippen LogP contribution in [-0.4, -0.2) is 81.2 Å². The number of ether oxygens (including phenoxy) is 5. The van der Waals surface area contributed by atoms with Crippen molar-refractivity contribution in [1.29, 1.82) is 0 Å². The summed E-state index contributed by atoms with van der Waals surface area (Å²) in [4.78, 5) is 56.1. The Morgan fingerprint density at radius 2 is 1.54 bits per heavy atom. The Morgan fingerprint density at radius 1 is 0.949 bits per heavy atom. The summed E-state index contributed by atoms with van der Waals surface area (Å²) in [5.74, 6) is -4.16. The van der Waals surface area contributed by atoms with Crippen LogP contribution in [0.2, 0.25) is 0 Å². The fourth-order valence-electron chi connectivity index (χ4n) is 3.64. The van der Waals surface area contributed by atoms with E-state index >= 15 is 0 Å². The fraction of sp³-hybridized carbons (Fsp3) is 0.458. The molecular formula is C24H28FN3O11. The number of carbonyl (C=O) groups is 5. The second-order valence-corrected chi connectivity index (χ2v) is 8.21. The Balaban J connectivity index is 0.00000124. The van der Waals surface area contributed by atoms with E-state index in [1.807, 2.05) is 0 Å². The summed E-state index contributed by atoms with van der Waals surface area (Å²) >= 11 is 0. The van der Waals surface area contributed by atoms with Crippen LogP contribution < -0.4 is 0 Å². The van der Waals surface area contributed by atoms with E-state index in [0.717, 1.165) is 27.7 Å². The molecule has 14 nitrogen and oxygen atoms in total. The second-order valence-electron chi connectivity index (χ2n) is 8.21. The van der Waals surface area contributed by atoms with Crippen LogP contribution in [0.5, 0.6) is 0 Å². The molecule has 212 valence electrons. The molecule has 1 aliphatic rings. The molecule has 0 bridgehead atoms. The van der Waals surface area contributed by atoms with Crippen molar-refractivity contribution in [3.8, 4) is 11.3 Å². The number of hydrogen-bond donors (Lipinski definition) is 1. The minimum Gasteiger partial charge on any atom is -0.481 e. The second kappa shape index (κ2) is 13.9. The van der Waals surface area contributed by atoms with Crippen LogP contribution in [0.15, 0.2) is 30.5 Å². The number of hydrogen-bond acceptors (Lipinski definition) is 12. The molecule has 2 heterocycles. The van der Waals surface area contributed by atoms with Gasteiger partial charge in [0.25, 0.3) is 5.97 Å². The zero-order chi connectivity index (χ0) is 29.3. The smallest absolute Gasteiger partial charge is 0.305 e. The Bertz CT molecular complexity index is 1200. The molecule has 1 aliphatic heterocycles. The van der Waals surface area contributed by atoms with Crippen molar-refractivity contribution in [3.63, 3.8) is 0 Å². The monoisotopic (exact) mass is 553 g/mol. The van der Waals surface area contributed by atoms with Gasteiger partial charge in [0, 0.05) is 40.2 Å². The lowest BCUT2D eigenvalue weighted by atomic mass is 9.95. The quantitative estimate of drug-likeness (QED) is 0.384. The molecule has 3 rings (SSSR count). The summed E-state index contributed by atoms with van der Waals surface area (Å²) in [5, 5.41) is 15.5. The van der Waals surface area contributed by atoms with Gasteiger partial charge in [-0.3, -0.25) is 24.0 Å². The van der Waals surface area contributed by atoms with Crippen molar-refractivity contribution in [2.24, 2.45) is 0 Å². The average molecular weight is 553 g/mol. The first-order valence-electron chi connectivity index (χ1n) is 11.5. The number of aromatic nitrogens is 3. The van der Waals surface area contributed by atoms with Gasteiger partial charge < -0.3 is 28.8 Å². The Labute approximate surface area is 221 Å². The summed E-state index contributed by atoms with van der Waals surface area (Å²) in [6.07, 6.45) is -3.73. The fourth-order valence-corrected chi connectivity index (χ4v) is 3.64. The summed E-state index contributed by atoms with van der Waals surface area (Å²) < 4.78 is 41.8. The standard InChI is InChI=1S/C22H24FN3O9.C2H4O2/c1-11(27)31-10-18-20(32-12(2)28)19(21(33-13(3)29)22(35-18)34-14(4)30)26-9-17(24-25-26)15-6-5-7-16(23)8-15;1-2(3)4/h5-9,18-22H,10H2,1-4H3;1H3,(H,3,4). The van der Waals surface area contributed by atoms with Gasteiger partial charge in [-0.2, -0.15) is 0 Å². The molecule has 0 amide bonds. The molecule has 0 radical (unpaired) electrons. The van der Waals surface area contributed by atoms with Gasteiger partial charge >= 0.3 is 23.9 Å². The van der Waals surface area contributed by atoms with Crippen LogP contribution in [0.25, 0.3) is 11.3 Å². The first-order chi connectivity index (χ1) is 18.3. The number of benzene rings is 1. The van der Waals surface area contributed by atoms with Crippen molar-refractivity contribution in [2.75, 3.05) is 6.61 Å². The first-order valence-corrected chi connectivity index (χ1v) is 11.5. The van der Waals surface area contributed by atoms with Gasteiger partial charge in [-0.1, -0.05) is 17.3 Å². The zero-order valence-electron chi connectivity index (χ0n) is 21.7. The maximum Gasteiger partial charge on any atom is 0.305 e. The number of carbonyl (C=O) groups excluding carboxylic acids is 4. The molecular weight excluding hydrogens is 525 g/mol. The van der Waals surface area contributed by atoms with E-state index in [0.29, 0.717) is 5.56 Å². The molecule has 5 atom stereocenters. The zero-order valence-corrected chi connectivity index (χ0v) is 21.7. The van der Waals surface area contributed by atoms with Crippen LogP contribution in [0.3, 0.4) is 0 Å². The molecule has 1 saturated heterocycles. The molecule has 0 spiro atoms. The summed E-state index contributed by atoms with van der Waals surface area (Å²) in [6, 6.07) is 4.49. The van der Waals surface area contributed by atoms with Crippen molar-refractivity contribution in [2.45, 2.75) is 65.3 Å². The van der Waals surface area contributed by atoms with Gasteiger partial charge in [-0.15, -0.1) is 5.10 Å². The van der Waals surface area contributed by atoms with Crippen molar-refractivity contribution < 1.29 is 57.2 Å². The lowest BCUT2D eigenvalue weighted by Gasteiger charge is -2.44. The molecule has 0 saturated carbocycles. The maximum atomic E-state index is 13.7. The van der Waals surface area contributed by atoms with E-state index in [1.165, 1.54) is 36.0 Å². The van der Waals surface area contributed by atoms with E-state index < -0.39 is 66.3 Å². The SMILES string of the molecule is CC(=O)O.CC(=O)OCC1OC(OC(C)=O)C(OC(C)=O)C(n2cc(-c3cccc(F)c3)nn2)C1OC(C)=O. The molecule has 2 aromatic rings. The largest absolute Gasteiger partial charge is 0.481 e. The highest BCUT2D eigenvalue weighted by atomic mass is 19.1. The van der Waals surface area contributed by atoms with Gasteiger partial charge in [-0.05, 0) is 12.1 Å². The number of esters is 4. The van der Waals surface area contributed by atoms with Crippen molar-refractivity contribution >= 4 is 29.8 Å². The number of carboxylic acid groups (broad SMARTS) is 1. The van der Waals surface area contributed by atoms with Crippen LogP contribution in [-0.2, 0) is 47.7 Å². The predicted molar refractivity (Wildman–Crippen MR) is 126 cm³/mol. The van der Waals surface area contributed by atoms with Crippen LogP contribution in [0.4, 0.5) is 4.39 Å². The number of carboxylic acids is 1. The van der Waals surface area contributed by atoms with E-state index in [-0.39, 0.29) is 12.3 Å². The van der Waals surface area contributed by atoms with Crippen LogP contribution >= 0.6 is 0 Å². The summed E-state index contributed by atoms with van der Waals surface area (Å²) in [6.45, 7) is 5.29. The normalized spacial score (nSPS) is 21.9. The molecule has 1 fully saturated rings. The summed E-state index contributed by atoms with van der Waals surface area (Å²) in [5.41, 5.74) is 0.670. The van der Waals surface area contributed by atoms with Crippen LogP contribution in [0, 0.1) is 5.82 Å². The van der Waals surface area contributed by atoms with E-state index in [1.54, 1.807) is 6.07 Å². The van der Waals surface area contributed by atoms with Gasteiger partial charge in [0.15, 0.2) is 12.2 Å². The van der Waals surface area contributed by atoms with E-state index in [4.69, 9.17) is 33.6 Å². The molecule has 39 heavy (non-hydrogen) atoms. The highest BCUT2D eigenvalue weighted by Crippen LogP contribution is 2.36. The molecule has 5 unspecified atom stereocenters. The van der Waals surface area contributed by atoms with Gasteiger partial charge in [-0.25, -0.2) is 9.07 Å². The first kappa shape index (κ1) is 30.8. The van der Waals surface area contributed by atoms with Crippen LogP contribution in [0.1, 0.15) is 40.7 Å². The van der Waals surface area contributed by atoms with Gasteiger partial charge in [0.05, 0.1) is 6.20 Å². The van der Waals surface area contributed by atoms with Crippen molar-refractivity contribution in [3.05, 3.63) is 36.3 Å². The predicted octanol–water partition coefficient (Wildman–Crippen LogP) is 1.43. The minimum atomic E-state index is -1.46. The van der Waals surface area contributed by atoms with Crippen molar-refractivity contribution in [1.82, 2.24) is 15.0 Å². The molecule has 1 N–H and O–H groups in total. The highest BCUT2D eigenvalue weighted by Gasteiger charge is 2.53. The Morgan fingerprint density at radius 3 is 2.08 bits per heavy atom. The third-order valence-corrected chi connectivity index (χ3v) is 4.89. The lowest BCUT2D eigenvalue weighted by molar-refractivity contribution is -0.285. The van der Waals surface area contributed by atoms with Gasteiger partial charge in [0.1, 0.15) is 30.3 Å².